The number of alkyl halides is 2. The van der Waals surface area contributed by atoms with E-state index in [4.69, 9.17) is 4.74 Å². The highest BCUT2D eigenvalue weighted by atomic mass is 19.3. The fourth-order valence-corrected chi connectivity index (χ4v) is 1.47. The third-order valence-corrected chi connectivity index (χ3v) is 2.11. The first-order valence-electron chi connectivity index (χ1n) is 4.74. The molecule has 1 saturated heterocycles. The summed E-state index contributed by atoms with van der Waals surface area (Å²) < 4.78 is 29.6. The summed E-state index contributed by atoms with van der Waals surface area (Å²) in [5.41, 5.74) is 0. The van der Waals surface area contributed by atoms with E-state index < -0.39 is 12.5 Å². The maximum Gasteiger partial charge on any atom is 0.268 e. The second kappa shape index (κ2) is 4.86. The highest BCUT2D eigenvalue weighted by Gasteiger charge is 2.22. The molecule has 2 nitrogen and oxygen atoms in total. The first-order valence-corrected chi connectivity index (χ1v) is 4.74. The molecule has 4 heteroatoms. The number of halogens is 2. The second-order valence-corrected chi connectivity index (χ2v) is 3.80. The lowest BCUT2D eigenvalue weighted by atomic mass is 10.0. The van der Waals surface area contributed by atoms with Crippen LogP contribution in [0.3, 0.4) is 0 Å². The Labute approximate surface area is 77.6 Å². The molecule has 0 radical (unpaired) electrons. The lowest BCUT2D eigenvalue weighted by Gasteiger charge is -2.23. The first kappa shape index (κ1) is 10.9. The summed E-state index contributed by atoms with van der Waals surface area (Å²) in [6.45, 7) is 2.82. The van der Waals surface area contributed by atoms with Crippen molar-refractivity contribution >= 4 is 0 Å². The van der Waals surface area contributed by atoms with Gasteiger partial charge in [-0.3, -0.25) is 0 Å². The Balaban J connectivity index is 2.04. The van der Waals surface area contributed by atoms with Gasteiger partial charge in [-0.05, 0) is 25.3 Å². The minimum Gasteiger partial charge on any atom is -0.375 e. The summed E-state index contributed by atoms with van der Waals surface area (Å²) in [5.74, 6) is -2.28. The lowest BCUT2D eigenvalue weighted by molar-refractivity contribution is -0.0703. The summed E-state index contributed by atoms with van der Waals surface area (Å²) in [5, 5.41) is 3.21. The summed E-state index contributed by atoms with van der Waals surface area (Å²) >= 11 is 0. The van der Waals surface area contributed by atoms with Gasteiger partial charge in [-0.1, -0.05) is 0 Å². The van der Waals surface area contributed by atoms with E-state index >= 15 is 0 Å². The molecule has 1 fully saturated rings. The molecule has 0 spiro atoms. The first-order chi connectivity index (χ1) is 6.08. The second-order valence-electron chi connectivity index (χ2n) is 3.80. The van der Waals surface area contributed by atoms with Gasteiger partial charge in [0.2, 0.25) is 0 Å². The van der Waals surface area contributed by atoms with Gasteiger partial charge >= 0.3 is 0 Å². The molecule has 1 atom stereocenters. The molecule has 0 aromatic rings. The van der Waals surface area contributed by atoms with Crippen molar-refractivity contribution in [2.45, 2.75) is 25.7 Å². The number of piperidine rings is 1. The minimum absolute atomic E-state index is 0.413. The van der Waals surface area contributed by atoms with Crippen molar-refractivity contribution in [2.75, 3.05) is 26.3 Å². The van der Waals surface area contributed by atoms with Crippen LogP contribution in [0.2, 0.25) is 0 Å². The predicted octanol–water partition coefficient (Wildman–Crippen LogP) is 1.66. The Morgan fingerprint density at radius 2 is 2.31 bits per heavy atom. The lowest BCUT2D eigenvalue weighted by Crippen LogP contribution is -2.33. The van der Waals surface area contributed by atoms with Crippen molar-refractivity contribution in [3.05, 3.63) is 0 Å². The quantitative estimate of drug-likeness (QED) is 0.733. The van der Waals surface area contributed by atoms with Crippen LogP contribution in [-0.4, -0.2) is 32.2 Å². The van der Waals surface area contributed by atoms with Gasteiger partial charge < -0.3 is 10.1 Å². The zero-order valence-electron chi connectivity index (χ0n) is 7.98. The molecule has 0 bridgehead atoms. The van der Waals surface area contributed by atoms with Crippen LogP contribution in [0.4, 0.5) is 8.78 Å². The average molecular weight is 193 g/mol. The molecule has 1 heterocycles. The molecular weight excluding hydrogens is 176 g/mol. The van der Waals surface area contributed by atoms with Gasteiger partial charge in [0.05, 0.1) is 6.61 Å². The molecule has 0 aromatic carbocycles. The van der Waals surface area contributed by atoms with Gasteiger partial charge in [-0.25, -0.2) is 8.78 Å². The summed E-state index contributed by atoms with van der Waals surface area (Å²) in [6.07, 6.45) is 2.21. The SMILES string of the molecule is CC(F)(F)COCC1CCCNC1. The van der Waals surface area contributed by atoms with E-state index in [1.165, 1.54) is 0 Å². The third-order valence-electron chi connectivity index (χ3n) is 2.11. The molecule has 0 amide bonds. The molecule has 1 aliphatic rings. The number of hydrogen-bond donors (Lipinski definition) is 1. The van der Waals surface area contributed by atoms with Crippen LogP contribution >= 0.6 is 0 Å². The Bertz CT molecular complexity index is 141. The van der Waals surface area contributed by atoms with Gasteiger partial charge in [0.15, 0.2) is 0 Å². The molecule has 13 heavy (non-hydrogen) atoms. The van der Waals surface area contributed by atoms with Gasteiger partial charge in [0.1, 0.15) is 6.61 Å². The molecule has 1 N–H and O–H groups in total. The molecule has 1 unspecified atom stereocenters. The number of nitrogens with one attached hydrogen (secondary N) is 1. The molecule has 0 saturated carbocycles. The molecule has 1 rings (SSSR count). The zero-order chi connectivity index (χ0) is 9.73. The van der Waals surface area contributed by atoms with E-state index in [0.29, 0.717) is 12.5 Å². The van der Waals surface area contributed by atoms with Crippen molar-refractivity contribution in [3.63, 3.8) is 0 Å². The van der Waals surface area contributed by atoms with Crippen LogP contribution in [0.15, 0.2) is 0 Å². The van der Waals surface area contributed by atoms with Gasteiger partial charge in [0.25, 0.3) is 5.92 Å². The standard InChI is InChI=1S/C9H17F2NO/c1-9(10,11)7-13-6-8-3-2-4-12-5-8/h8,12H,2-7H2,1H3. The molecular formula is C9H17F2NO. The highest BCUT2D eigenvalue weighted by Crippen LogP contribution is 2.14. The van der Waals surface area contributed by atoms with E-state index in [2.05, 4.69) is 5.32 Å². The fourth-order valence-electron chi connectivity index (χ4n) is 1.47. The zero-order valence-corrected chi connectivity index (χ0v) is 7.98. The van der Waals surface area contributed by atoms with E-state index in [0.717, 1.165) is 32.9 Å². The van der Waals surface area contributed by atoms with Crippen molar-refractivity contribution in [3.8, 4) is 0 Å². The fraction of sp³-hybridized carbons (Fsp3) is 1.00. The van der Waals surface area contributed by atoms with E-state index in [-0.39, 0.29) is 0 Å². The topological polar surface area (TPSA) is 21.3 Å². The summed E-state index contributed by atoms with van der Waals surface area (Å²) in [4.78, 5) is 0. The Hall–Kier alpha value is -0.220. The van der Waals surface area contributed by atoms with Crippen LogP contribution in [0.25, 0.3) is 0 Å². The van der Waals surface area contributed by atoms with Crippen molar-refractivity contribution < 1.29 is 13.5 Å². The van der Waals surface area contributed by atoms with E-state index in [9.17, 15) is 8.78 Å². The van der Waals surface area contributed by atoms with Crippen molar-refractivity contribution in [1.82, 2.24) is 5.32 Å². The van der Waals surface area contributed by atoms with Gasteiger partial charge in [-0.15, -0.1) is 0 Å². The third kappa shape index (κ3) is 5.16. The maximum absolute atomic E-state index is 12.3. The van der Waals surface area contributed by atoms with Crippen LogP contribution in [-0.2, 0) is 4.74 Å². The minimum atomic E-state index is -2.69. The van der Waals surface area contributed by atoms with Gasteiger partial charge in [0, 0.05) is 13.5 Å². The number of ether oxygens (including phenoxy) is 1. The van der Waals surface area contributed by atoms with E-state index in [1.54, 1.807) is 0 Å². The van der Waals surface area contributed by atoms with Crippen LogP contribution in [0, 0.1) is 5.92 Å². The Kier molecular flexibility index (Phi) is 4.06. The molecule has 0 aliphatic carbocycles. The highest BCUT2D eigenvalue weighted by molar-refractivity contribution is 4.68. The van der Waals surface area contributed by atoms with Crippen molar-refractivity contribution in [1.29, 1.82) is 0 Å². The van der Waals surface area contributed by atoms with Crippen LogP contribution in [0.1, 0.15) is 19.8 Å². The van der Waals surface area contributed by atoms with Gasteiger partial charge in [-0.2, -0.15) is 0 Å². The summed E-state index contributed by atoms with van der Waals surface area (Å²) in [7, 11) is 0. The van der Waals surface area contributed by atoms with E-state index in [1.807, 2.05) is 0 Å². The van der Waals surface area contributed by atoms with Crippen molar-refractivity contribution in [2.24, 2.45) is 5.92 Å². The number of rotatable bonds is 4. The molecule has 1 aliphatic heterocycles. The van der Waals surface area contributed by atoms with Crippen LogP contribution in [0.5, 0.6) is 0 Å². The molecule has 0 aromatic heterocycles. The average Bonchev–Trinajstić information content (AvgIpc) is 2.04. The normalized spacial score (nSPS) is 24.7. The monoisotopic (exact) mass is 193 g/mol. The van der Waals surface area contributed by atoms with Crippen LogP contribution < -0.4 is 5.32 Å². The summed E-state index contributed by atoms with van der Waals surface area (Å²) in [6, 6.07) is 0. The number of hydrogen-bond acceptors (Lipinski definition) is 2. The molecule has 78 valence electrons. The smallest absolute Gasteiger partial charge is 0.268 e. The predicted molar refractivity (Wildman–Crippen MR) is 47.0 cm³/mol. The maximum atomic E-state index is 12.3. The largest absolute Gasteiger partial charge is 0.375 e. The Morgan fingerprint density at radius 1 is 1.54 bits per heavy atom. The Morgan fingerprint density at radius 3 is 2.85 bits per heavy atom.